The van der Waals surface area contributed by atoms with Gasteiger partial charge in [-0.05, 0) is 55.5 Å². The Morgan fingerprint density at radius 3 is 2.22 bits per heavy atom. The van der Waals surface area contributed by atoms with Crippen molar-refractivity contribution in [1.29, 1.82) is 0 Å². The van der Waals surface area contributed by atoms with Crippen LogP contribution < -0.4 is 15.4 Å². The molecule has 3 aromatic carbocycles. The van der Waals surface area contributed by atoms with Gasteiger partial charge >= 0.3 is 0 Å². The van der Waals surface area contributed by atoms with Crippen LogP contribution in [0.15, 0.2) is 76.8 Å². The second-order valence-electron chi connectivity index (χ2n) is 7.93. The van der Waals surface area contributed by atoms with Gasteiger partial charge < -0.3 is 15.4 Å². The Hall–Kier alpha value is -3.83. The standard InChI is InChI=1S/C25H24N4O5S2/c1-16-4-11-21(12-5-16)36(32,33)29-23-14-20(34-3)10-13-22(23)28-25(29)35-15-24(31)27-19-8-6-18(7-9-19)26-17(2)30/h4-14H,15H2,1-3H3,(H,26,30)(H,27,31). The molecule has 0 unspecified atom stereocenters. The van der Waals surface area contributed by atoms with Crippen molar-refractivity contribution in [3.8, 4) is 5.75 Å². The van der Waals surface area contributed by atoms with E-state index in [9.17, 15) is 18.0 Å². The molecule has 2 N–H and O–H groups in total. The molecule has 1 heterocycles. The van der Waals surface area contributed by atoms with Gasteiger partial charge in [-0.3, -0.25) is 9.59 Å². The van der Waals surface area contributed by atoms with E-state index in [1.54, 1.807) is 66.7 Å². The highest BCUT2D eigenvalue weighted by Gasteiger charge is 2.25. The average molecular weight is 525 g/mol. The first kappa shape index (κ1) is 25.3. The highest BCUT2D eigenvalue weighted by atomic mass is 32.2. The molecule has 0 aliphatic carbocycles. The molecule has 0 spiro atoms. The number of fused-ring (bicyclic) bond motifs is 1. The monoisotopic (exact) mass is 524 g/mol. The molecule has 1 aromatic heterocycles. The lowest BCUT2D eigenvalue weighted by Gasteiger charge is -2.11. The van der Waals surface area contributed by atoms with E-state index in [0.717, 1.165) is 21.3 Å². The fourth-order valence-corrected chi connectivity index (χ4v) is 5.95. The third kappa shape index (κ3) is 5.52. The van der Waals surface area contributed by atoms with E-state index in [2.05, 4.69) is 15.6 Å². The summed E-state index contributed by atoms with van der Waals surface area (Å²) in [6.45, 7) is 3.29. The van der Waals surface area contributed by atoms with Crippen LogP contribution in [0, 0.1) is 6.92 Å². The van der Waals surface area contributed by atoms with Crippen LogP contribution in [-0.4, -0.2) is 42.1 Å². The largest absolute Gasteiger partial charge is 0.497 e. The van der Waals surface area contributed by atoms with Crippen molar-refractivity contribution < 1.29 is 22.7 Å². The number of carbonyl (C=O) groups excluding carboxylic acids is 2. The highest BCUT2D eigenvalue weighted by Crippen LogP contribution is 2.31. The summed E-state index contributed by atoms with van der Waals surface area (Å²) in [6, 6.07) is 18.2. The van der Waals surface area contributed by atoms with Gasteiger partial charge in [0, 0.05) is 24.4 Å². The maximum atomic E-state index is 13.6. The summed E-state index contributed by atoms with van der Waals surface area (Å²) in [5.74, 6) is -0.114. The van der Waals surface area contributed by atoms with E-state index in [4.69, 9.17) is 4.74 Å². The van der Waals surface area contributed by atoms with Gasteiger partial charge in [0.05, 0.1) is 28.8 Å². The van der Waals surface area contributed by atoms with Crippen molar-refractivity contribution in [3.05, 3.63) is 72.3 Å². The number of hydrogen-bond donors (Lipinski definition) is 2. The molecular formula is C25H24N4O5S2. The van der Waals surface area contributed by atoms with Crippen LogP contribution in [-0.2, 0) is 19.6 Å². The minimum absolute atomic E-state index is 0.0721. The molecule has 0 aliphatic heterocycles. The maximum Gasteiger partial charge on any atom is 0.270 e. The van der Waals surface area contributed by atoms with E-state index < -0.39 is 10.0 Å². The Kier molecular flexibility index (Phi) is 7.32. The van der Waals surface area contributed by atoms with Crippen molar-refractivity contribution in [2.24, 2.45) is 0 Å². The van der Waals surface area contributed by atoms with Crippen LogP contribution in [0.5, 0.6) is 5.75 Å². The first-order valence-electron chi connectivity index (χ1n) is 10.9. The van der Waals surface area contributed by atoms with Gasteiger partial charge in [-0.25, -0.2) is 17.4 Å². The average Bonchev–Trinajstić information content (AvgIpc) is 3.22. The molecule has 9 nitrogen and oxygen atoms in total. The van der Waals surface area contributed by atoms with E-state index in [0.29, 0.717) is 28.2 Å². The number of rotatable bonds is 8. The number of aromatic nitrogens is 2. The highest BCUT2D eigenvalue weighted by molar-refractivity contribution is 8.00. The van der Waals surface area contributed by atoms with Crippen LogP contribution in [0.3, 0.4) is 0 Å². The zero-order valence-corrected chi connectivity index (χ0v) is 21.4. The SMILES string of the molecule is COc1ccc2nc(SCC(=O)Nc3ccc(NC(C)=O)cc3)n(S(=O)(=O)c3ccc(C)cc3)c2c1. The van der Waals surface area contributed by atoms with Crippen LogP contribution in [0.2, 0.25) is 0 Å². The lowest BCUT2D eigenvalue weighted by Crippen LogP contribution is -2.17. The van der Waals surface area contributed by atoms with Crippen molar-refractivity contribution in [2.75, 3.05) is 23.5 Å². The number of methoxy groups -OCH3 is 1. The molecule has 0 aliphatic rings. The third-order valence-corrected chi connectivity index (χ3v) is 7.94. The molecule has 0 bridgehead atoms. The number of hydrogen-bond acceptors (Lipinski definition) is 7. The maximum absolute atomic E-state index is 13.6. The van der Waals surface area contributed by atoms with Gasteiger partial charge in [0.1, 0.15) is 5.75 Å². The normalized spacial score (nSPS) is 11.3. The van der Waals surface area contributed by atoms with Gasteiger partial charge in [0.25, 0.3) is 10.0 Å². The van der Waals surface area contributed by atoms with Crippen LogP contribution in [0.4, 0.5) is 11.4 Å². The van der Waals surface area contributed by atoms with Crippen molar-refractivity contribution in [2.45, 2.75) is 23.9 Å². The predicted molar refractivity (Wildman–Crippen MR) is 140 cm³/mol. The Morgan fingerprint density at radius 2 is 1.61 bits per heavy atom. The number of carbonyl (C=O) groups is 2. The number of ether oxygens (including phenoxy) is 1. The summed E-state index contributed by atoms with van der Waals surface area (Å²) in [5, 5.41) is 5.58. The number of nitrogens with one attached hydrogen (secondary N) is 2. The number of benzene rings is 3. The summed E-state index contributed by atoms with van der Waals surface area (Å²) < 4.78 is 33.7. The Morgan fingerprint density at radius 1 is 0.972 bits per heavy atom. The minimum atomic E-state index is -4.00. The van der Waals surface area contributed by atoms with Gasteiger partial charge in [-0.2, -0.15) is 0 Å². The van der Waals surface area contributed by atoms with E-state index in [1.807, 2.05) is 6.92 Å². The first-order valence-corrected chi connectivity index (χ1v) is 13.3. The number of aryl methyl sites for hydroxylation is 1. The number of nitrogens with zero attached hydrogens (tertiary/aromatic N) is 2. The summed E-state index contributed by atoms with van der Waals surface area (Å²) >= 11 is 1.01. The third-order valence-electron chi connectivity index (χ3n) is 5.17. The van der Waals surface area contributed by atoms with E-state index in [-0.39, 0.29) is 27.6 Å². The lowest BCUT2D eigenvalue weighted by molar-refractivity contribution is -0.114. The second kappa shape index (κ2) is 10.4. The molecular weight excluding hydrogens is 500 g/mol. The van der Waals surface area contributed by atoms with Gasteiger partial charge in [-0.1, -0.05) is 29.5 Å². The second-order valence-corrected chi connectivity index (χ2v) is 10.7. The molecule has 2 amide bonds. The van der Waals surface area contributed by atoms with E-state index in [1.165, 1.54) is 14.0 Å². The number of amides is 2. The molecule has 0 saturated heterocycles. The van der Waals surface area contributed by atoms with Crippen LogP contribution >= 0.6 is 11.8 Å². The van der Waals surface area contributed by atoms with Gasteiger partial charge in [0.2, 0.25) is 11.8 Å². The topological polar surface area (TPSA) is 119 Å². The summed E-state index contributed by atoms with van der Waals surface area (Å²) in [6.07, 6.45) is 0. The minimum Gasteiger partial charge on any atom is -0.497 e. The fourth-order valence-electron chi connectivity index (χ4n) is 3.45. The number of imidazole rings is 1. The molecule has 11 heteroatoms. The quantitative estimate of drug-likeness (QED) is 0.330. The number of anilines is 2. The molecule has 4 aromatic rings. The van der Waals surface area contributed by atoms with Crippen LogP contribution in [0.25, 0.3) is 11.0 Å². The molecule has 0 fully saturated rings. The molecule has 36 heavy (non-hydrogen) atoms. The van der Waals surface area contributed by atoms with Crippen molar-refractivity contribution in [1.82, 2.24) is 8.96 Å². The Balaban J connectivity index is 1.61. The summed E-state index contributed by atoms with van der Waals surface area (Å²) in [4.78, 5) is 28.4. The van der Waals surface area contributed by atoms with Gasteiger partial charge in [-0.15, -0.1) is 0 Å². The Bertz CT molecular complexity index is 1530. The smallest absolute Gasteiger partial charge is 0.270 e. The molecule has 0 atom stereocenters. The zero-order valence-electron chi connectivity index (χ0n) is 19.8. The summed E-state index contributed by atoms with van der Waals surface area (Å²) in [5.41, 5.74) is 2.90. The predicted octanol–water partition coefficient (Wildman–Crippen LogP) is 4.28. The lowest BCUT2D eigenvalue weighted by atomic mass is 10.2. The first-order chi connectivity index (χ1) is 17.2. The molecule has 4 rings (SSSR count). The van der Waals surface area contributed by atoms with Crippen molar-refractivity contribution in [3.63, 3.8) is 0 Å². The zero-order chi connectivity index (χ0) is 25.9. The van der Waals surface area contributed by atoms with E-state index >= 15 is 0 Å². The fraction of sp³-hybridized carbons (Fsp3) is 0.160. The summed E-state index contributed by atoms with van der Waals surface area (Å²) in [7, 11) is -2.51. The van der Waals surface area contributed by atoms with Crippen molar-refractivity contribution >= 4 is 56.0 Å². The van der Waals surface area contributed by atoms with Gasteiger partial charge in [0.15, 0.2) is 5.16 Å². The molecule has 186 valence electrons. The Labute approximate surface area is 212 Å². The number of thioether (sulfide) groups is 1. The molecule has 0 saturated carbocycles. The molecule has 0 radical (unpaired) electrons. The van der Waals surface area contributed by atoms with Crippen LogP contribution in [0.1, 0.15) is 12.5 Å².